The van der Waals surface area contributed by atoms with Crippen molar-refractivity contribution in [3.63, 3.8) is 0 Å². The Hall–Kier alpha value is -3.31. The summed E-state index contributed by atoms with van der Waals surface area (Å²) in [4.78, 5) is 26.1. The first-order chi connectivity index (χ1) is 16.3. The van der Waals surface area contributed by atoms with Crippen molar-refractivity contribution in [3.8, 4) is 17.2 Å². The molecule has 0 radical (unpaired) electrons. The van der Waals surface area contributed by atoms with E-state index >= 15 is 0 Å². The monoisotopic (exact) mass is 490 g/mol. The minimum Gasteiger partial charge on any atom is -0.486 e. The molecule has 2 aliphatic heterocycles. The number of rotatable bonds is 6. The number of nitrogens with zero attached hydrogens (tertiary/aromatic N) is 2. The van der Waals surface area contributed by atoms with E-state index in [9.17, 15) is 18.0 Å². The van der Waals surface area contributed by atoms with Gasteiger partial charge in [0, 0.05) is 32.2 Å². The van der Waals surface area contributed by atoms with Crippen molar-refractivity contribution < 1.29 is 37.0 Å². The van der Waals surface area contributed by atoms with Crippen molar-refractivity contribution in [1.82, 2.24) is 9.21 Å². The molecule has 1 saturated heterocycles. The first kappa shape index (κ1) is 23.8. The van der Waals surface area contributed by atoms with Gasteiger partial charge in [0.05, 0.1) is 17.6 Å². The minimum atomic E-state index is -3.74. The van der Waals surface area contributed by atoms with Gasteiger partial charge in [0.1, 0.15) is 19.0 Å². The fourth-order valence-electron chi connectivity index (χ4n) is 3.74. The zero-order chi connectivity index (χ0) is 24.3. The second kappa shape index (κ2) is 9.90. The van der Waals surface area contributed by atoms with Crippen LogP contribution in [0.5, 0.6) is 17.2 Å². The molecule has 2 aromatic carbocycles. The first-order valence-corrected chi connectivity index (χ1v) is 12.2. The van der Waals surface area contributed by atoms with Crippen molar-refractivity contribution >= 4 is 21.9 Å². The molecule has 2 aliphatic rings. The Bertz CT molecular complexity index is 1190. The molecule has 0 aromatic heterocycles. The number of methoxy groups -OCH3 is 1. The third kappa shape index (κ3) is 4.95. The maximum Gasteiger partial charge on any atom is 0.337 e. The largest absolute Gasteiger partial charge is 0.486 e. The molecule has 0 unspecified atom stereocenters. The van der Waals surface area contributed by atoms with Crippen molar-refractivity contribution in [2.45, 2.75) is 11.8 Å². The fraction of sp³-hybridized carbons (Fsp3) is 0.391. The number of hydrogen-bond donors (Lipinski definition) is 0. The van der Waals surface area contributed by atoms with Gasteiger partial charge in [-0.3, -0.25) is 4.79 Å². The number of sulfonamides is 1. The lowest BCUT2D eigenvalue weighted by molar-refractivity contribution is -0.134. The Kier molecular flexibility index (Phi) is 6.94. The highest BCUT2D eigenvalue weighted by molar-refractivity contribution is 7.89. The predicted molar refractivity (Wildman–Crippen MR) is 121 cm³/mol. The Morgan fingerprint density at radius 1 is 0.971 bits per heavy atom. The Morgan fingerprint density at radius 3 is 2.38 bits per heavy atom. The number of fused-ring (bicyclic) bond motifs is 1. The van der Waals surface area contributed by atoms with E-state index in [1.165, 1.54) is 29.6 Å². The van der Waals surface area contributed by atoms with Crippen LogP contribution in [0.4, 0.5) is 0 Å². The quantitative estimate of drug-likeness (QED) is 0.560. The third-order valence-electron chi connectivity index (χ3n) is 5.70. The molecule has 11 heteroatoms. The average molecular weight is 491 g/mol. The second-order valence-electron chi connectivity index (χ2n) is 7.85. The van der Waals surface area contributed by atoms with Crippen molar-refractivity contribution in [2.75, 3.05) is 53.1 Å². The van der Waals surface area contributed by atoms with Gasteiger partial charge in [-0.1, -0.05) is 6.07 Å². The molecule has 34 heavy (non-hydrogen) atoms. The summed E-state index contributed by atoms with van der Waals surface area (Å²) in [5, 5.41) is 0. The molecule has 2 heterocycles. The number of benzene rings is 2. The molecule has 182 valence electrons. The predicted octanol–water partition coefficient (Wildman–Crippen LogP) is 1.46. The lowest BCUT2D eigenvalue weighted by atomic mass is 10.1. The lowest BCUT2D eigenvalue weighted by Gasteiger charge is -2.34. The van der Waals surface area contributed by atoms with Crippen LogP contribution in [0.25, 0.3) is 0 Å². The molecule has 10 nitrogen and oxygen atoms in total. The Balaban J connectivity index is 1.35. The van der Waals surface area contributed by atoms with Crippen molar-refractivity contribution in [1.29, 1.82) is 0 Å². The summed E-state index contributed by atoms with van der Waals surface area (Å²) in [7, 11) is -2.44. The standard InChI is InChI=1S/C23H26N2O8S/c1-16-3-4-17(23(27)30-2)13-20(16)33-15-22(26)24-7-9-25(10-8-24)34(28,29)18-5-6-19-21(14-18)32-12-11-31-19/h3-6,13-14H,7-12,15H2,1-2H3. The van der Waals surface area contributed by atoms with Crippen LogP contribution >= 0.6 is 0 Å². The summed E-state index contributed by atoms with van der Waals surface area (Å²) >= 11 is 0. The van der Waals surface area contributed by atoms with Crippen molar-refractivity contribution in [3.05, 3.63) is 47.5 Å². The molecule has 1 fully saturated rings. The molecule has 0 aliphatic carbocycles. The number of piperazine rings is 1. The molecule has 0 N–H and O–H groups in total. The summed E-state index contributed by atoms with van der Waals surface area (Å²) in [5.74, 6) is 0.583. The summed E-state index contributed by atoms with van der Waals surface area (Å²) in [6.45, 7) is 3.20. The maximum atomic E-state index is 13.1. The van der Waals surface area contributed by atoms with Gasteiger partial charge < -0.3 is 23.8 Å². The highest BCUT2D eigenvalue weighted by Gasteiger charge is 2.31. The van der Waals surface area contributed by atoms with Gasteiger partial charge >= 0.3 is 5.97 Å². The van der Waals surface area contributed by atoms with Gasteiger partial charge in [0.2, 0.25) is 10.0 Å². The van der Waals surface area contributed by atoms with E-state index in [2.05, 4.69) is 0 Å². The zero-order valence-corrected chi connectivity index (χ0v) is 19.8. The number of esters is 1. The van der Waals surface area contributed by atoms with Gasteiger partial charge in [0.15, 0.2) is 18.1 Å². The average Bonchev–Trinajstić information content (AvgIpc) is 2.87. The molecule has 0 atom stereocenters. The first-order valence-electron chi connectivity index (χ1n) is 10.8. The maximum absolute atomic E-state index is 13.1. The van der Waals surface area contributed by atoms with E-state index < -0.39 is 16.0 Å². The SMILES string of the molecule is COC(=O)c1ccc(C)c(OCC(=O)N2CCN(S(=O)(=O)c3ccc4c(c3)OCCO4)CC2)c1. The van der Waals surface area contributed by atoms with Crippen LogP contribution < -0.4 is 14.2 Å². The van der Waals surface area contributed by atoms with E-state index in [0.29, 0.717) is 36.0 Å². The van der Waals surface area contributed by atoms with Gasteiger partial charge in [-0.2, -0.15) is 4.31 Å². The van der Waals surface area contributed by atoms with E-state index in [1.807, 2.05) is 6.92 Å². The van der Waals surface area contributed by atoms with Crippen LogP contribution in [-0.2, 0) is 19.6 Å². The van der Waals surface area contributed by atoms with Crippen LogP contribution in [0, 0.1) is 6.92 Å². The van der Waals surface area contributed by atoms with Crippen LogP contribution in [0.2, 0.25) is 0 Å². The van der Waals surface area contributed by atoms with E-state index in [1.54, 1.807) is 23.1 Å². The molecule has 0 spiro atoms. The van der Waals surface area contributed by atoms with Gasteiger partial charge in [-0.05, 0) is 36.8 Å². The lowest BCUT2D eigenvalue weighted by Crippen LogP contribution is -2.51. The third-order valence-corrected chi connectivity index (χ3v) is 7.60. The molecule has 0 saturated carbocycles. The second-order valence-corrected chi connectivity index (χ2v) is 9.79. The topological polar surface area (TPSA) is 112 Å². The Morgan fingerprint density at radius 2 is 1.68 bits per heavy atom. The smallest absolute Gasteiger partial charge is 0.337 e. The number of aryl methyl sites for hydroxylation is 1. The molecule has 0 bridgehead atoms. The molecule has 1 amide bonds. The number of amides is 1. The normalized spacial score (nSPS) is 16.1. The number of carbonyl (C=O) groups excluding carboxylic acids is 2. The molecule has 2 aromatic rings. The summed E-state index contributed by atoms with van der Waals surface area (Å²) in [6.07, 6.45) is 0. The van der Waals surface area contributed by atoms with Crippen LogP contribution in [0.1, 0.15) is 15.9 Å². The minimum absolute atomic E-state index is 0.126. The molecular formula is C23H26N2O8S. The zero-order valence-electron chi connectivity index (χ0n) is 19.0. The number of hydrogen-bond acceptors (Lipinski definition) is 8. The van der Waals surface area contributed by atoms with E-state index in [4.69, 9.17) is 18.9 Å². The molecular weight excluding hydrogens is 464 g/mol. The van der Waals surface area contributed by atoms with Crippen molar-refractivity contribution in [2.24, 2.45) is 0 Å². The summed E-state index contributed by atoms with van der Waals surface area (Å²) in [6, 6.07) is 9.44. The number of ether oxygens (including phenoxy) is 4. The highest BCUT2D eigenvalue weighted by Crippen LogP contribution is 2.33. The van der Waals surface area contributed by atoms with Crippen LogP contribution in [0.3, 0.4) is 0 Å². The van der Waals surface area contributed by atoms with Crippen LogP contribution in [0.15, 0.2) is 41.3 Å². The van der Waals surface area contributed by atoms with Crippen LogP contribution in [-0.4, -0.2) is 82.6 Å². The highest BCUT2D eigenvalue weighted by atomic mass is 32.2. The van der Waals surface area contributed by atoms with E-state index in [0.717, 1.165) is 5.56 Å². The summed E-state index contributed by atoms with van der Waals surface area (Å²) in [5.41, 5.74) is 1.10. The Labute approximate surface area is 198 Å². The van der Waals surface area contributed by atoms with E-state index in [-0.39, 0.29) is 43.6 Å². The van der Waals surface area contributed by atoms with Gasteiger partial charge in [0.25, 0.3) is 5.91 Å². The number of carbonyl (C=O) groups is 2. The van der Waals surface area contributed by atoms with Gasteiger partial charge in [-0.25, -0.2) is 13.2 Å². The van der Waals surface area contributed by atoms with Gasteiger partial charge in [-0.15, -0.1) is 0 Å². The molecule has 4 rings (SSSR count). The fourth-order valence-corrected chi connectivity index (χ4v) is 5.18. The summed E-state index contributed by atoms with van der Waals surface area (Å²) < 4.78 is 48.8.